The van der Waals surface area contributed by atoms with Gasteiger partial charge in [-0.15, -0.1) is 0 Å². The van der Waals surface area contributed by atoms with E-state index in [1.165, 1.54) is 0 Å². The Kier molecular flexibility index (Phi) is 4.30. The molecule has 0 aromatic heterocycles. The molecule has 1 N–H and O–H groups in total. The van der Waals surface area contributed by atoms with Gasteiger partial charge < -0.3 is 0 Å². The molecule has 0 atom stereocenters. The topological polar surface area (TPSA) is 178 Å². The van der Waals surface area contributed by atoms with E-state index in [2.05, 4.69) is 0 Å². The third kappa shape index (κ3) is 3.17. The molecule has 0 saturated carbocycles. The Balaban J connectivity index is 1.98. The van der Waals surface area contributed by atoms with E-state index < -0.39 is 48.0 Å². The number of nitrogens with zero attached hydrogens (tertiary/aromatic N) is 3. The number of amides is 2. The molecule has 3 aromatic rings. The quantitative estimate of drug-likeness (QED) is 0.275. The molecule has 156 valence electrons. The molecule has 0 unspecified atom stereocenters. The average molecular weight is 443 g/mol. The molecule has 0 fully saturated rings. The zero-order chi connectivity index (χ0) is 22.7. The summed E-state index contributed by atoms with van der Waals surface area (Å²) in [6.45, 7) is 0. The van der Waals surface area contributed by atoms with Crippen LogP contribution in [0, 0.1) is 20.2 Å². The molecule has 0 spiro atoms. The molecule has 31 heavy (non-hydrogen) atoms. The number of carbonyl (C=O) groups excluding carboxylic acids is 2. The van der Waals surface area contributed by atoms with Crippen LogP contribution in [0.4, 0.5) is 17.1 Å². The zero-order valence-corrected chi connectivity index (χ0v) is 15.9. The van der Waals surface area contributed by atoms with Gasteiger partial charge in [0.2, 0.25) is 0 Å². The van der Waals surface area contributed by atoms with Crippen molar-refractivity contribution in [3.63, 3.8) is 0 Å². The van der Waals surface area contributed by atoms with Gasteiger partial charge in [0.1, 0.15) is 0 Å². The first-order chi connectivity index (χ1) is 14.5. The van der Waals surface area contributed by atoms with E-state index in [0.717, 1.165) is 48.5 Å². The molecule has 0 aliphatic carbocycles. The van der Waals surface area contributed by atoms with Crippen LogP contribution in [0.5, 0.6) is 0 Å². The van der Waals surface area contributed by atoms with Crippen LogP contribution in [0.2, 0.25) is 0 Å². The molecule has 0 saturated heterocycles. The molecule has 1 aliphatic rings. The van der Waals surface area contributed by atoms with Gasteiger partial charge in [0.25, 0.3) is 33.3 Å². The number of anilines is 1. The van der Waals surface area contributed by atoms with E-state index in [1.54, 1.807) is 0 Å². The average Bonchev–Trinajstić information content (AvgIpc) is 2.70. The lowest BCUT2D eigenvalue weighted by atomic mass is 9.92. The van der Waals surface area contributed by atoms with E-state index in [-0.39, 0.29) is 27.6 Å². The summed E-state index contributed by atoms with van der Waals surface area (Å²) in [4.78, 5) is 47.3. The van der Waals surface area contributed by atoms with Crippen molar-refractivity contribution in [3.8, 4) is 0 Å². The second-order valence-corrected chi connectivity index (χ2v) is 7.94. The fourth-order valence-corrected chi connectivity index (χ4v) is 3.85. The van der Waals surface area contributed by atoms with Crippen molar-refractivity contribution in [2.24, 2.45) is 0 Å². The van der Waals surface area contributed by atoms with Crippen molar-refractivity contribution in [1.82, 2.24) is 0 Å². The summed E-state index contributed by atoms with van der Waals surface area (Å²) in [5.41, 5.74) is -1.53. The second kappa shape index (κ2) is 6.65. The highest BCUT2D eigenvalue weighted by atomic mass is 32.2. The lowest BCUT2D eigenvalue weighted by molar-refractivity contribution is -0.385. The minimum Gasteiger partial charge on any atom is -0.282 e. The van der Waals surface area contributed by atoms with Crippen LogP contribution in [-0.2, 0) is 10.1 Å². The Morgan fingerprint density at radius 2 is 1.26 bits per heavy atom. The number of hydrogen-bond acceptors (Lipinski definition) is 8. The molecule has 1 heterocycles. The highest BCUT2D eigenvalue weighted by Gasteiger charge is 2.37. The monoisotopic (exact) mass is 443 g/mol. The van der Waals surface area contributed by atoms with E-state index in [9.17, 15) is 38.2 Å². The molecule has 0 radical (unpaired) electrons. The molecule has 12 nitrogen and oxygen atoms in total. The van der Waals surface area contributed by atoms with Crippen molar-refractivity contribution >= 4 is 49.8 Å². The van der Waals surface area contributed by atoms with Gasteiger partial charge in [-0.25, -0.2) is 4.90 Å². The molecule has 1 aliphatic heterocycles. The first kappa shape index (κ1) is 20.1. The number of nitro groups is 2. The van der Waals surface area contributed by atoms with Crippen LogP contribution in [-0.4, -0.2) is 34.6 Å². The minimum absolute atomic E-state index is 0.0172. The smallest absolute Gasteiger partial charge is 0.282 e. The van der Waals surface area contributed by atoms with Crippen molar-refractivity contribution < 1.29 is 32.4 Å². The van der Waals surface area contributed by atoms with Crippen molar-refractivity contribution in [2.75, 3.05) is 4.90 Å². The van der Waals surface area contributed by atoms with Gasteiger partial charge in [-0.3, -0.25) is 34.4 Å². The number of benzene rings is 3. The van der Waals surface area contributed by atoms with E-state index in [0.29, 0.717) is 4.90 Å². The van der Waals surface area contributed by atoms with Gasteiger partial charge in [0.05, 0.1) is 31.6 Å². The Bertz CT molecular complexity index is 1380. The Morgan fingerprint density at radius 3 is 1.65 bits per heavy atom. The van der Waals surface area contributed by atoms with Gasteiger partial charge >= 0.3 is 0 Å². The van der Waals surface area contributed by atoms with Crippen LogP contribution < -0.4 is 4.90 Å². The standard InChI is InChI=1S/C18H9N3O9S/c22-17-14-7-11(20(24)25)5-9-6-12(21(26)27)8-15(16(9)14)18(23)19(17)10-1-3-13(4-2-10)31(28,29)30/h1-8H,(H,28,29,30). The Labute approximate surface area is 172 Å². The predicted octanol–water partition coefficient (Wildman–Crippen LogP) is 2.70. The molecule has 3 aromatic carbocycles. The highest BCUT2D eigenvalue weighted by Crippen LogP contribution is 2.38. The van der Waals surface area contributed by atoms with Crippen LogP contribution in [0.3, 0.4) is 0 Å². The summed E-state index contributed by atoms with van der Waals surface area (Å²) in [7, 11) is -4.53. The molecule has 4 rings (SSSR count). The number of carbonyl (C=O) groups is 2. The molecule has 0 bridgehead atoms. The van der Waals surface area contributed by atoms with Crippen LogP contribution in [0.1, 0.15) is 20.7 Å². The maximum Gasteiger partial charge on any atom is 0.294 e. The maximum absolute atomic E-state index is 13.1. The Morgan fingerprint density at radius 1 is 0.806 bits per heavy atom. The van der Waals surface area contributed by atoms with E-state index >= 15 is 0 Å². The minimum atomic E-state index is -4.53. The zero-order valence-electron chi connectivity index (χ0n) is 15.1. The number of hydrogen-bond donors (Lipinski definition) is 1. The summed E-state index contributed by atoms with van der Waals surface area (Å²) < 4.78 is 31.5. The first-order valence-corrected chi connectivity index (χ1v) is 9.80. The van der Waals surface area contributed by atoms with Crippen LogP contribution >= 0.6 is 0 Å². The fourth-order valence-electron chi connectivity index (χ4n) is 3.37. The van der Waals surface area contributed by atoms with Crippen molar-refractivity contribution in [3.05, 3.63) is 79.9 Å². The SMILES string of the molecule is O=C1c2cc([N+](=O)[O-])cc3cc([N+](=O)[O-])cc(c23)C(=O)N1c1ccc(S(=O)(=O)O)cc1. The summed E-state index contributed by atoms with van der Waals surface area (Å²) in [5, 5.41) is 22.6. The fraction of sp³-hybridized carbons (Fsp3) is 0. The van der Waals surface area contributed by atoms with Crippen LogP contribution in [0.25, 0.3) is 10.8 Å². The van der Waals surface area contributed by atoms with Gasteiger partial charge in [-0.2, -0.15) is 8.42 Å². The van der Waals surface area contributed by atoms with Crippen molar-refractivity contribution in [2.45, 2.75) is 4.90 Å². The molecular weight excluding hydrogens is 434 g/mol. The number of nitro benzene ring substituents is 2. The molecule has 13 heteroatoms. The third-order valence-electron chi connectivity index (χ3n) is 4.70. The third-order valence-corrected chi connectivity index (χ3v) is 5.57. The summed E-state index contributed by atoms with van der Waals surface area (Å²) in [6.07, 6.45) is 0. The van der Waals surface area contributed by atoms with Crippen LogP contribution in [0.15, 0.2) is 53.4 Å². The molecule has 2 amide bonds. The number of rotatable bonds is 4. The van der Waals surface area contributed by atoms with E-state index in [1.807, 2.05) is 0 Å². The number of non-ortho nitro benzene ring substituents is 2. The highest BCUT2D eigenvalue weighted by molar-refractivity contribution is 7.85. The van der Waals surface area contributed by atoms with Crippen molar-refractivity contribution in [1.29, 1.82) is 0 Å². The largest absolute Gasteiger partial charge is 0.294 e. The van der Waals surface area contributed by atoms with E-state index in [4.69, 9.17) is 4.55 Å². The summed E-state index contributed by atoms with van der Waals surface area (Å²) in [5.74, 6) is -1.86. The second-order valence-electron chi connectivity index (χ2n) is 6.51. The Hall–Kier alpha value is -4.23. The first-order valence-electron chi connectivity index (χ1n) is 8.36. The van der Waals surface area contributed by atoms with Gasteiger partial charge in [-0.05, 0) is 29.7 Å². The van der Waals surface area contributed by atoms with Gasteiger partial charge in [0, 0.05) is 29.7 Å². The maximum atomic E-state index is 13.1. The predicted molar refractivity (Wildman–Crippen MR) is 105 cm³/mol. The van der Waals surface area contributed by atoms with Gasteiger partial charge in [0.15, 0.2) is 0 Å². The number of imide groups is 1. The summed E-state index contributed by atoms with van der Waals surface area (Å²) >= 11 is 0. The normalized spacial score (nSPS) is 13.5. The summed E-state index contributed by atoms with van der Waals surface area (Å²) in [6, 6.07) is 8.07. The lowest BCUT2D eigenvalue weighted by Gasteiger charge is -2.27. The van der Waals surface area contributed by atoms with Gasteiger partial charge in [-0.1, -0.05) is 0 Å². The molecular formula is C18H9N3O9S. The lowest BCUT2D eigenvalue weighted by Crippen LogP contribution is -2.40.